The summed E-state index contributed by atoms with van der Waals surface area (Å²) in [5.41, 5.74) is 0.629. The number of rotatable bonds is 7. The molecule has 0 spiro atoms. The summed E-state index contributed by atoms with van der Waals surface area (Å²) in [5, 5.41) is 0. The van der Waals surface area contributed by atoms with Crippen LogP contribution in [0.1, 0.15) is 12.0 Å². The number of carbonyl (C=O) groups is 2. The summed E-state index contributed by atoms with van der Waals surface area (Å²) in [6.45, 7) is 0. The van der Waals surface area contributed by atoms with Gasteiger partial charge in [-0.25, -0.2) is 0 Å². The molecule has 1 aromatic rings. The molecule has 1 aromatic carbocycles. The van der Waals surface area contributed by atoms with Gasteiger partial charge in [-0.2, -0.15) is 0 Å². The number of hydrogen-bond acceptors (Lipinski definition) is 4. The Morgan fingerprint density at radius 2 is 1.89 bits per heavy atom. The number of hydrogen-bond donors (Lipinski definition) is 0. The van der Waals surface area contributed by atoms with Crippen molar-refractivity contribution in [3.8, 4) is 11.5 Å². The summed E-state index contributed by atoms with van der Waals surface area (Å²) in [7, 11) is 3.04. The second kappa shape index (κ2) is 7.01. The quantitative estimate of drug-likeness (QED) is 0.562. The number of alkyl halides is 1. The van der Waals surface area contributed by atoms with E-state index in [1.807, 2.05) is 0 Å². The number of ether oxygens (including phenoxy) is 2. The zero-order valence-electron chi connectivity index (χ0n) is 10.4. The largest absolute Gasteiger partial charge is 0.497 e. The number of methoxy groups -OCH3 is 2. The Hall–Kier alpha value is -1.55. The van der Waals surface area contributed by atoms with Gasteiger partial charge in [0.1, 0.15) is 11.5 Å². The van der Waals surface area contributed by atoms with Crippen molar-refractivity contribution in [2.75, 3.05) is 20.1 Å². The molecule has 98 valence electrons. The molecule has 18 heavy (non-hydrogen) atoms. The maximum Gasteiger partial charge on any atom is 0.202 e. The van der Waals surface area contributed by atoms with E-state index in [0.29, 0.717) is 17.1 Å². The Labute approximate surface area is 111 Å². The van der Waals surface area contributed by atoms with Crippen LogP contribution < -0.4 is 9.47 Å². The van der Waals surface area contributed by atoms with Crippen molar-refractivity contribution < 1.29 is 19.1 Å². The zero-order chi connectivity index (χ0) is 13.5. The van der Waals surface area contributed by atoms with Crippen molar-refractivity contribution in [1.29, 1.82) is 0 Å². The zero-order valence-corrected chi connectivity index (χ0v) is 11.1. The highest BCUT2D eigenvalue weighted by atomic mass is 35.5. The molecular weight excluding hydrogens is 256 g/mol. The van der Waals surface area contributed by atoms with Crippen LogP contribution in [0.3, 0.4) is 0 Å². The molecule has 0 aromatic heterocycles. The summed E-state index contributed by atoms with van der Waals surface area (Å²) in [5.74, 6) is 0.392. The lowest BCUT2D eigenvalue weighted by molar-refractivity contribution is -0.136. The molecule has 0 N–H and O–H groups in total. The first kappa shape index (κ1) is 14.5. The molecule has 0 heterocycles. The minimum absolute atomic E-state index is 0.00387. The molecule has 0 saturated carbocycles. The predicted octanol–water partition coefficient (Wildman–Crippen LogP) is 2.01. The Kier molecular flexibility index (Phi) is 5.65. The van der Waals surface area contributed by atoms with Gasteiger partial charge >= 0.3 is 0 Å². The van der Waals surface area contributed by atoms with E-state index >= 15 is 0 Å². The minimum Gasteiger partial charge on any atom is -0.497 e. The number of benzene rings is 1. The molecule has 0 atom stereocenters. The molecule has 0 fully saturated rings. The second-order valence-corrected chi connectivity index (χ2v) is 4.02. The first-order valence-electron chi connectivity index (χ1n) is 5.45. The molecular formula is C13H15ClO4. The van der Waals surface area contributed by atoms with Gasteiger partial charge in [0, 0.05) is 24.3 Å². The van der Waals surface area contributed by atoms with E-state index in [2.05, 4.69) is 0 Å². The Morgan fingerprint density at radius 3 is 2.44 bits per heavy atom. The van der Waals surface area contributed by atoms with E-state index in [9.17, 15) is 9.59 Å². The summed E-state index contributed by atoms with van der Waals surface area (Å²) < 4.78 is 10.2. The topological polar surface area (TPSA) is 52.6 Å². The smallest absolute Gasteiger partial charge is 0.202 e. The van der Waals surface area contributed by atoms with Gasteiger partial charge < -0.3 is 9.47 Å². The molecule has 4 nitrogen and oxygen atoms in total. The number of halogens is 1. The second-order valence-electron chi connectivity index (χ2n) is 3.64. The van der Waals surface area contributed by atoms with Gasteiger partial charge in [0.15, 0.2) is 5.78 Å². The summed E-state index contributed by atoms with van der Waals surface area (Å²) in [6, 6.07) is 5.12. The average molecular weight is 271 g/mol. The van der Waals surface area contributed by atoms with Crippen LogP contribution in [0.4, 0.5) is 0 Å². The molecule has 5 heteroatoms. The van der Waals surface area contributed by atoms with Crippen LogP contribution in [0.2, 0.25) is 0 Å². The molecule has 0 aliphatic carbocycles. The highest BCUT2D eigenvalue weighted by Gasteiger charge is 2.16. The number of carbonyl (C=O) groups excluding carboxylic acids is 2. The van der Waals surface area contributed by atoms with E-state index in [0.717, 1.165) is 0 Å². The van der Waals surface area contributed by atoms with Gasteiger partial charge in [0.05, 0.1) is 14.2 Å². The van der Waals surface area contributed by atoms with Crippen LogP contribution in [-0.2, 0) is 16.0 Å². The van der Waals surface area contributed by atoms with E-state index in [-0.39, 0.29) is 18.7 Å². The van der Waals surface area contributed by atoms with E-state index < -0.39 is 11.6 Å². The third kappa shape index (κ3) is 3.74. The third-order valence-electron chi connectivity index (χ3n) is 2.47. The van der Waals surface area contributed by atoms with Crippen molar-refractivity contribution in [2.45, 2.75) is 12.8 Å². The fourth-order valence-electron chi connectivity index (χ4n) is 1.52. The average Bonchev–Trinajstić information content (AvgIpc) is 2.38. The first-order valence-corrected chi connectivity index (χ1v) is 5.98. The lowest BCUT2D eigenvalue weighted by Gasteiger charge is -2.09. The van der Waals surface area contributed by atoms with Crippen LogP contribution in [-0.4, -0.2) is 31.7 Å². The van der Waals surface area contributed by atoms with E-state index in [1.54, 1.807) is 18.2 Å². The van der Waals surface area contributed by atoms with Crippen LogP contribution >= 0.6 is 11.6 Å². The van der Waals surface area contributed by atoms with Gasteiger partial charge in [-0.15, -0.1) is 11.6 Å². The summed E-state index contributed by atoms with van der Waals surface area (Å²) in [4.78, 5) is 23.1. The van der Waals surface area contributed by atoms with Gasteiger partial charge in [0.25, 0.3) is 0 Å². The van der Waals surface area contributed by atoms with E-state index in [4.69, 9.17) is 21.1 Å². The molecule has 0 radical (unpaired) electrons. The summed E-state index contributed by atoms with van der Waals surface area (Å²) in [6.07, 6.45) is 0.0583. The maximum absolute atomic E-state index is 11.7. The standard InChI is InChI=1S/C13H15ClO4/c1-17-10-3-4-13(18-2)9(7-10)8-12(16)11(15)5-6-14/h3-4,7H,5-6,8H2,1-2H3. The van der Waals surface area contributed by atoms with Gasteiger partial charge in [0.2, 0.25) is 5.78 Å². The van der Waals surface area contributed by atoms with Crippen molar-refractivity contribution in [2.24, 2.45) is 0 Å². The molecule has 0 amide bonds. The van der Waals surface area contributed by atoms with Crippen molar-refractivity contribution in [1.82, 2.24) is 0 Å². The molecule has 0 aliphatic rings. The summed E-state index contributed by atoms with van der Waals surface area (Å²) >= 11 is 5.43. The first-order chi connectivity index (χ1) is 8.62. The normalized spacial score (nSPS) is 9.94. The van der Waals surface area contributed by atoms with Crippen LogP contribution in [0.15, 0.2) is 18.2 Å². The van der Waals surface area contributed by atoms with Crippen LogP contribution in [0.25, 0.3) is 0 Å². The fourth-order valence-corrected chi connectivity index (χ4v) is 1.69. The Balaban J connectivity index is 2.88. The molecule has 0 bridgehead atoms. The van der Waals surface area contributed by atoms with Crippen LogP contribution in [0.5, 0.6) is 11.5 Å². The van der Waals surface area contributed by atoms with Gasteiger partial charge in [-0.05, 0) is 18.2 Å². The SMILES string of the molecule is COc1ccc(OC)c(CC(=O)C(=O)CCCl)c1. The number of ketones is 2. The van der Waals surface area contributed by atoms with Crippen molar-refractivity contribution in [3.05, 3.63) is 23.8 Å². The lowest BCUT2D eigenvalue weighted by atomic mass is 10.0. The highest BCUT2D eigenvalue weighted by Crippen LogP contribution is 2.24. The fraction of sp³-hybridized carbons (Fsp3) is 0.385. The van der Waals surface area contributed by atoms with E-state index in [1.165, 1.54) is 14.2 Å². The number of Topliss-reactive ketones (excluding diaryl/α,β-unsaturated/α-hetero) is 2. The predicted molar refractivity (Wildman–Crippen MR) is 68.6 cm³/mol. The Morgan fingerprint density at radius 1 is 1.17 bits per heavy atom. The van der Waals surface area contributed by atoms with Gasteiger partial charge in [-0.1, -0.05) is 0 Å². The van der Waals surface area contributed by atoms with Crippen molar-refractivity contribution >= 4 is 23.2 Å². The molecule has 1 rings (SSSR count). The lowest BCUT2D eigenvalue weighted by Crippen LogP contribution is -2.17. The highest BCUT2D eigenvalue weighted by molar-refractivity contribution is 6.38. The maximum atomic E-state index is 11.7. The van der Waals surface area contributed by atoms with Crippen LogP contribution in [0, 0.1) is 0 Å². The Bertz CT molecular complexity index is 443. The van der Waals surface area contributed by atoms with Gasteiger partial charge in [-0.3, -0.25) is 9.59 Å². The molecule has 0 unspecified atom stereocenters. The monoisotopic (exact) mass is 270 g/mol. The molecule has 0 aliphatic heterocycles. The minimum atomic E-state index is -0.470. The third-order valence-corrected chi connectivity index (χ3v) is 2.66. The van der Waals surface area contributed by atoms with Crippen molar-refractivity contribution in [3.63, 3.8) is 0 Å². The molecule has 0 saturated heterocycles.